The van der Waals surface area contributed by atoms with Crippen molar-refractivity contribution in [3.8, 4) is 5.75 Å². The molecule has 0 unspecified atom stereocenters. The molecule has 0 bridgehead atoms. The van der Waals surface area contributed by atoms with Crippen LogP contribution >= 0.6 is 0 Å². The Morgan fingerprint density at radius 1 is 0.913 bits per heavy atom. The van der Waals surface area contributed by atoms with E-state index in [1.54, 1.807) is 7.11 Å². The lowest BCUT2D eigenvalue weighted by atomic mass is 9.98. The van der Waals surface area contributed by atoms with Crippen LogP contribution in [0.25, 0.3) is 0 Å². The third-order valence-electron chi connectivity index (χ3n) is 4.17. The average Bonchev–Trinajstić information content (AvgIpc) is 2.60. The van der Waals surface area contributed by atoms with E-state index in [2.05, 4.69) is 41.4 Å². The highest BCUT2D eigenvalue weighted by Crippen LogP contribution is 2.19. The molecule has 0 fully saturated rings. The first-order valence-electron chi connectivity index (χ1n) is 8.61. The molecule has 0 spiro atoms. The Balaban J connectivity index is 2.15. The molecule has 1 aromatic carbocycles. The first-order valence-corrected chi connectivity index (χ1v) is 8.61. The summed E-state index contributed by atoms with van der Waals surface area (Å²) >= 11 is 0. The van der Waals surface area contributed by atoms with E-state index in [0.29, 0.717) is 0 Å². The van der Waals surface area contributed by atoms with Crippen molar-refractivity contribution in [1.29, 1.82) is 0 Å². The molecule has 0 saturated heterocycles. The van der Waals surface area contributed by atoms with E-state index in [-0.39, 0.29) is 0 Å². The van der Waals surface area contributed by atoms with Crippen molar-refractivity contribution in [1.82, 2.24) is 15.4 Å². The van der Waals surface area contributed by atoms with Gasteiger partial charge in [-0.25, -0.2) is 0 Å². The Hall–Kier alpha value is -1.97. The molecule has 1 aromatic heterocycles. The second kappa shape index (κ2) is 9.23. The summed E-state index contributed by atoms with van der Waals surface area (Å²) in [6.07, 6.45) is 7.78. The zero-order valence-electron chi connectivity index (χ0n) is 14.5. The summed E-state index contributed by atoms with van der Waals surface area (Å²) in [6, 6.07) is 8.16. The molecule has 1 heterocycles. The molecule has 0 aliphatic carbocycles. The van der Waals surface area contributed by atoms with Gasteiger partial charge in [-0.1, -0.05) is 45.2 Å². The van der Waals surface area contributed by atoms with E-state index in [1.807, 2.05) is 12.1 Å². The number of aryl methyl sites for hydroxylation is 1. The van der Waals surface area contributed by atoms with Gasteiger partial charge < -0.3 is 4.74 Å². The molecule has 124 valence electrons. The molecule has 0 saturated carbocycles. The highest BCUT2D eigenvalue weighted by atomic mass is 16.5. The van der Waals surface area contributed by atoms with Gasteiger partial charge in [-0.3, -0.25) is 0 Å². The van der Waals surface area contributed by atoms with Crippen molar-refractivity contribution >= 4 is 0 Å². The van der Waals surface area contributed by atoms with E-state index in [9.17, 15) is 0 Å². The van der Waals surface area contributed by atoms with Crippen LogP contribution in [0, 0.1) is 0 Å². The molecule has 23 heavy (non-hydrogen) atoms. The lowest BCUT2D eigenvalue weighted by molar-refractivity contribution is 0.414. The van der Waals surface area contributed by atoms with E-state index < -0.39 is 0 Å². The van der Waals surface area contributed by atoms with Gasteiger partial charge in [0.05, 0.1) is 18.5 Å². The zero-order chi connectivity index (χ0) is 16.5. The Morgan fingerprint density at radius 2 is 1.65 bits per heavy atom. The molecule has 0 atom stereocenters. The summed E-state index contributed by atoms with van der Waals surface area (Å²) in [5.74, 6) is 0.878. The molecular formula is C19H27N3O. The SMILES string of the molecule is CCCCCCc1c(CC)nnnc1Cc1ccc(OC)cc1. The second-order valence-electron chi connectivity index (χ2n) is 5.85. The summed E-state index contributed by atoms with van der Waals surface area (Å²) < 4.78 is 5.22. The Morgan fingerprint density at radius 3 is 2.30 bits per heavy atom. The fourth-order valence-corrected chi connectivity index (χ4v) is 2.80. The van der Waals surface area contributed by atoms with Crippen molar-refractivity contribution in [2.24, 2.45) is 0 Å². The second-order valence-corrected chi connectivity index (χ2v) is 5.85. The van der Waals surface area contributed by atoms with Crippen LogP contribution in [0.4, 0.5) is 0 Å². The lowest BCUT2D eigenvalue weighted by Crippen LogP contribution is -2.09. The van der Waals surface area contributed by atoms with Crippen LogP contribution in [0.15, 0.2) is 24.3 Å². The highest BCUT2D eigenvalue weighted by molar-refractivity contribution is 5.33. The lowest BCUT2D eigenvalue weighted by Gasteiger charge is -2.11. The summed E-state index contributed by atoms with van der Waals surface area (Å²) in [5.41, 5.74) is 4.69. The maximum Gasteiger partial charge on any atom is 0.118 e. The fraction of sp³-hybridized carbons (Fsp3) is 0.526. The fourth-order valence-electron chi connectivity index (χ4n) is 2.80. The normalized spacial score (nSPS) is 10.7. The van der Waals surface area contributed by atoms with Crippen LogP contribution in [-0.2, 0) is 19.3 Å². The minimum atomic E-state index is 0.801. The molecule has 4 nitrogen and oxygen atoms in total. The number of aromatic nitrogens is 3. The summed E-state index contributed by atoms with van der Waals surface area (Å²) in [4.78, 5) is 0. The number of hydrogen-bond donors (Lipinski definition) is 0. The number of benzene rings is 1. The van der Waals surface area contributed by atoms with Crippen molar-refractivity contribution in [2.75, 3.05) is 7.11 Å². The minimum Gasteiger partial charge on any atom is -0.497 e. The van der Waals surface area contributed by atoms with Crippen LogP contribution in [-0.4, -0.2) is 22.5 Å². The minimum absolute atomic E-state index is 0.801. The van der Waals surface area contributed by atoms with Crippen LogP contribution in [0.5, 0.6) is 5.75 Å². The molecule has 0 aliphatic heterocycles. The summed E-state index contributed by atoms with van der Waals surface area (Å²) in [7, 11) is 1.69. The quantitative estimate of drug-likeness (QED) is 0.652. The van der Waals surface area contributed by atoms with Gasteiger partial charge in [0.15, 0.2) is 0 Å². The van der Waals surface area contributed by atoms with Crippen LogP contribution in [0.3, 0.4) is 0 Å². The number of rotatable bonds is 9. The first kappa shape index (κ1) is 17.4. The molecule has 0 radical (unpaired) electrons. The van der Waals surface area contributed by atoms with Gasteiger partial charge >= 0.3 is 0 Å². The molecular weight excluding hydrogens is 286 g/mol. The van der Waals surface area contributed by atoms with Crippen molar-refractivity contribution in [3.05, 3.63) is 46.8 Å². The third kappa shape index (κ3) is 5.02. The van der Waals surface area contributed by atoms with Gasteiger partial charge in [-0.2, -0.15) is 0 Å². The first-order chi connectivity index (χ1) is 11.3. The van der Waals surface area contributed by atoms with E-state index in [4.69, 9.17) is 4.74 Å². The Labute approximate surface area is 139 Å². The number of unbranched alkanes of at least 4 members (excludes halogenated alkanes) is 3. The molecule has 4 heteroatoms. The molecule has 0 N–H and O–H groups in total. The van der Waals surface area contributed by atoms with E-state index in [1.165, 1.54) is 36.8 Å². The van der Waals surface area contributed by atoms with Crippen LogP contribution in [0.2, 0.25) is 0 Å². The molecule has 0 aliphatic rings. The molecule has 2 rings (SSSR count). The number of nitrogens with zero attached hydrogens (tertiary/aromatic N) is 3. The van der Waals surface area contributed by atoms with Gasteiger partial charge in [0.2, 0.25) is 0 Å². The highest BCUT2D eigenvalue weighted by Gasteiger charge is 2.12. The molecule has 0 amide bonds. The van der Waals surface area contributed by atoms with Gasteiger partial charge in [0.25, 0.3) is 0 Å². The van der Waals surface area contributed by atoms with E-state index in [0.717, 1.165) is 36.4 Å². The van der Waals surface area contributed by atoms with Crippen molar-refractivity contribution < 1.29 is 4.74 Å². The number of hydrogen-bond acceptors (Lipinski definition) is 4. The largest absolute Gasteiger partial charge is 0.497 e. The van der Waals surface area contributed by atoms with Crippen molar-refractivity contribution in [3.63, 3.8) is 0 Å². The summed E-state index contributed by atoms with van der Waals surface area (Å²) in [6.45, 7) is 4.37. The smallest absolute Gasteiger partial charge is 0.118 e. The average molecular weight is 313 g/mol. The Bertz CT molecular complexity index is 596. The van der Waals surface area contributed by atoms with E-state index >= 15 is 0 Å². The number of ether oxygens (including phenoxy) is 1. The van der Waals surface area contributed by atoms with Gasteiger partial charge in [-0.15, -0.1) is 10.2 Å². The predicted octanol–water partition coefficient (Wildman–Crippen LogP) is 4.16. The van der Waals surface area contributed by atoms with Gasteiger partial charge in [0.1, 0.15) is 5.75 Å². The maximum absolute atomic E-state index is 5.22. The summed E-state index contributed by atoms with van der Waals surface area (Å²) in [5, 5.41) is 12.5. The topological polar surface area (TPSA) is 47.9 Å². The predicted molar refractivity (Wildman–Crippen MR) is 92.9 cm³/mol. The van der Waals surface area contributed by atoms with Crippen molar-refractivity contribution in [2.45, 2.75) is 58.8 Å². The van der Waals surface area contributed by atoms with Gasteiger partial charge in [0, 0.05) is 6.42 Å². The van der Waals surface area contributed by atoms with Crippen LogP contribution < -0.4 is 4.74 Å². The third-order valence-corrected chi connectivity index (χ3v) is 4.17. The Kier molecular flexibility index (Phi) is 6.98. The standard InChI is InChI=1S/C19H27N3O/c1-4-6-7-8-9-17-18(5-2)20-22-21-19(17)14-15-10-12-16(23-3)13-11-15/h10-13H,4-9,14H2,1-3H3. The van der Waals surface area contributed by atoms with Crippen LogP contribution in [0.1, 0.15) is 62.0 Å². The monoisotopic (exact) mass is 313 g/mol. The number of methoxy groups -OCH3 is 1. The molecule has 2 aromatic rings. The maximum atomic E-state index is 5.22. The van der Waals surface area contributed by atoms with Gasteiger partial charge in [-0.05, 0) is 47.7 Å². The zero-order valence-corrected chi connectivity index (χ0v) is 14.5.